The van der Waals surface area contributed by atoms with Crippen molar-refractivity contribution in [2.45, 2.75) is 0 Å². The first kappa shape index (κ1) is 30.9. The molecule has 57 heavy (non-hydrogen) atoms. The summed E-state index contributed by atoms with van der Waals surface area (Å²) in [6.45, 7) is 0. The first-order valence-corrected chi connectivity index (χ1v) is 20.1. The summed E-state index contributed by atoms with van der Waals surface area (Å²) in [4.78, 5) is 10.9. The van der Waals surface area contributed by atoms with E-state index in [4.69, 9.17) is 14.4 Å². The Morgan fingerprint density at radius 2 is 1.07 bits per heavy atom. The van der Waals surface area contributed by atoms with Crippen molar-refractivity contribution < 1.29 is 4.42 Å². The number of para-hydroxylation sites is 2. The molecule has 0 bridgehead atoms. The molecule has 13 aromatic rings. The van der Waals surface area contributed by atoms with E-state index < -0.39 is 0 Å². The Hall–Kier alpha value is -7.34. The first-order chi connectivity index (χ1) is 28.3. The fourth-order valence-electron chi connectivity index (χ4n) is 9.38. The summed E-state index contributed by atoms with van der Waals surface area (Å²) in [7, 11) is 0. The van der Waals surface area contributed by atoms with Crippen molar-refractivity contribution in [2.24, 2.45) is 0 Å². The van der Waals surface area contributed by atoms with Crippen LogP contribution in [-0.2, 0) is 0 Å². The van der Waals surface area contributed by atoms with Crippen molar-refractivity contribution in [2.75, 3.05) is 0 Å². The van der Waals surface area contributed by atoms with Crippen LogP contribution in [-0.4, -0.2) is 14.5 Å². The zero-order valence-corrected chi connectivity index (χ0v) is 31.2. The minimum atomic E-state index is 0.627. The second kappa shape index (κ2) is 11.6. The zero-order chi connectivity index (χ0) is 37.2. The van der Waals surface area contributed by atoms with E-state index in [0.29, 0.717) is 5.95 Å². The van der Waals surface area contributed by atoms with Crippen molar-refractivity contribution in [3.05, 3.63) is 176 Å². The first-order valence-electron chi connectivity index (χ1n) is 19.2. The van der Waals surface area contributed by atoms with Crippen LogP contribution in [0.4, 0.5) is 0 Å². The summed E-state index contributed by atoms with van der Waals surface area (Å²) in [5.41, 5.74) is 9.02. The Bertz CT molecular complexity index is 3820. The van der Waals surface area contributed by atoms with E-state index in [1.165, 1.54) is 47.3 Å². The highest BCUT2D eigenvalue weighted by molar-refractivity contribution is 7.26. The number of hydrogen-bond donors (Lipinski definition) is 0. The van der Waals surface area contributed by atoms with Gasteiger partial charge in [-0.2, -0.15) is 0 Å². The monoisotopic (exact) mass is 743 g/mol. The van der Waals surface area contributed by atoms with Crippen LogP contribution in [0.2, 0.25) is 0 Å². The average molecular weight is 744 g/mol. The van der Waals surface area contributed by atoms with Crippen LogP contribution in [0, 0.1) is 0 Å². The number of benzene rings is 9. The second-order valence-corrected chi connectivity index (χ2v) is 15.9. The van der Waals surface area contributed by atoms with Crippen LogP contribution in [0.25, 0.3) is 125 Å². The number of aromatic nitrogens is 3. The van der Waals surface area contributed by atoms with Gasteiger partial charge in [0, 0.05) is 47.3 Å². The van der Waals surface area contributed by atoms with Crippen LogP contribution in [0.1, 0.15) is 0 Å². The Labute approximate surface area is 329 Å². The number of furan rings is 1. The van der Waals surface area contributed by atoms with E-state index in [-0.39, 0.29) is 0 Å². The van der Waals surface area contributed by atoms with Gasteiger partial charge in [-0.05, 0) is 75.1 Å². The molecule has 264 valence electrons. The van der Waals surface area contributed by atoms with E-state index in [9.17, 15) is 0 Å². The molecule has 0 radical (unpaired) electrons. The highest BCUT2D eigenvalue weighted by atomic mass is 32.1. The molecule has 4 aromatic heterocycles. The summed E-state index contributed by atoms with van der Waals surface area (Å²) in [5.74, 6) is 0.627. The van der Waals surface area contributed by atoms with Crippen LogP contribution >= 0.6 is 11.3 Å². The minimum Gasteiger partial charge on any atom is -0.455 e. The quantitative estimate of drug-likeness (QED) is 0.181. The minimum absolute atomic E-state index is 0.627. The van der Waals surface area contributed by atoms with Gasteiger partial charge in [-0.25, -0.2) is 9.97 Å². The van der Waals surface area contributed by atoms with Gasteiger partial charge in [0.25, 0.3) is 0 Å². The van der Waals surface area contributed by atoms with Crippen molar-refractivity contribution in [3.8, 4) is 28.3 Å². The van der Waals surface area contributed by atoms with Gasteiger partial charge in [-0.3, -0.25) is 4.57 Å². The largest absolute Gasteiger partial charge is 0.455 e. The molecule has 0 saturated carbocycles. The number of fused-ring (bicyclic) bond motifs is 15. The fraction of sp³-hybridized carbons (Fsp3) is 0. The molecular weight excluding hydrogens is 715 g/mol. The molecule has 0 unspecified atom stereocenters. The van der Waals surface area contributed by atoms with Gasteiger partial charge in [0.05, 0.1) is 27.6 Å². The summed E-state index contributed by atoms with van der Waals surface area (Å²) in [5, 5.41) is 12.8. The SMILES string of the molecule is c1ccc(-c2cc3oc4c(ccc5c4c4ccccc4n5-c4nc(-c5cc6sc7ccccc7c6c6ccccc56)c5ccccc5n4)c3c3ccccc23)cc1. The maximum absolute atomic E-state index is 7.02. The van der Waals surface area contributed by atoms with Crippen molar-refractivity contribution in [1.82, 2.24) is 14.5 Å². The molecule has 0 aliphatic heterocycles. The van der Waals surface area contributed by atoms with Crippen molar-refractivity contribution in [3.63, 3.8) is 0 Å². The van der Waals surface area contributed by atoms with Gasteiger partial charge >= 0.3 is 0 Å². The molecule has 4 nitrogen and oxygen atoms in total. The van der Waals surface area contributed by atoms with Crippen LogP contribution in [0.15, 0.2) is 180 Å². The number of rotatable bonds is 3. The molecule has 13 rings (SSSR count). The highest BCUT2D eigenvalue weighted by Crippen LogP contribution is 2.46. The second-order valence-electron chi connectivity index (χ2n) is 14.8. The molecular formula is C52H29N3OS. The molecule has 0 spiro atoms. The smallest absolute Gasteiger partial charge is 0.235 e. The molecule has 0 saturated heterocycles. The Kier molecular flexibility index (Phi) is 6.29. The molecule has 0 amide bonds. The average Bonchev–Trinajstić information content (AvgIpc) is 3.95. The molecule has 0 N–H and O–H groups in total. The lowest BCUT2D eigenvalue weighted by atomic mass is 9.95. The summed E-state index contributed by atoms with van der Waals surface area (Å²) < 4.78 is 11.8. The lowest BCUT2D eigenvalue weighted by Gasteiger charge is -2.14. The lowest BCUT2D eigenvalue weighted by Crippen LogP contribution is -2.03. The topological polar surface area (TPSA) is 43.9 Å². The number of hydrogen-bond acceptors (Lipinski definition) is 4. The highest BCUT2D eigenvalue weighted by Gasteiger charge is 2.24. The standard InChI is InChI=1S/C52H29N3OS/c1-2-14-30(15-3-1)39-28-44-47(33-18-6-4-16-31(33)39)38-26-27-43-49(51(38)56-44)36-21-9-12-24-42(36)55(43)52-53-41-23-11-8-20-35(41)50(54-52)40-29-46-48(34-19-7-5-17-32(34)40)37-22-10-13-25-45(37)57-46/h1-29H. The molecule has 5 heteroatoms. The molecule has 0 atom stereocenters. The number of thiophene rings is 1. The number of nitrogens with zero attached hydrogens (tertiary/aromatic N) is 3. The van der Waals surface area contributed by atoms with Gasteiger partial charge < -0.3 is 4.42 Å². The van der Waals surface area contributed by atoms with Crippen molar-refractivity contribution in [1.29, 1.82) is 0 Å². The van der Waals surface area contributed by atoms with Crippen LogP contribution < -0.4 is 0 Å². The van der Waals surface area contributed by atoms with Gasteiger partial charge in [-0.15, -0.1) is 11.3 Å². The normalized spacial score (nSPS) is 12.2. The zero-order valence-electron chi connectivity index (χ0n) is 30.4. The Balaban J connectivity index is 1.12. The summed E-state index contributed by atoms with van der Waals surface area (Å²) in [6, 6.07) is 62.7. The predicted molar refractivity (Wildman–Crippen MR) is 240 cm³/mol. The summed E-state index contributed by atoms with van der Waals surface area (Å²) >= 11 is 1.84. The van der Waals surface area contributed by atoms with Gasteiger partial charge in [0.1, 0.15) is 11.2 Å². The van der Waals surface area contributed by atoms with E-state index >= 15 is 0 Å². The third kappa shape index (κ3) is 4.32. The lowest BCUT2D eigenvalue weighted by molar-refractivity contribution is 0.673. The van der Waals surface area contributed by atoms with E-state index in [1.807, 2.05) is 11.3 Å². The van der Waals surface area contributed by atoms with E-state index in [0.717, 1.165) is 71.5 Å². The molecule has 9 aromatic carbocycles. The summed E-state index contributed by atoms with van der Waals surface area (Å²) in [6.07, 6.45) is 0. The molecule has 0 aliphatic rings. The maximum atomic E-state index is 7.02. The Morgan fingerprint density at radius 3 is 1.89 bits per heavy atom. The van der Waals surface area contributed by atoms with Gasteiger partial charge in [-0.1, -0.05) is 133 Å². The van der Waals surface area contributed by atoms with Crippen LogP contribution in [0.3, 0.4) is 0 Å². The molecule has 0 aliphatic carbocycles. The van der Waals surface area contributed by atoms with Gasteiger partial charge in [0.15, 0.2) is 0 Å². The molecule has 4 heterocycles. The molecule has 0 fully saturated rings. The third-order valence-electron chi connectivity index (χ3n) is 11.8. The predicted octanol–water partition coefficient (Wildman–Crippen LogP) is 14.6. The fourth-order valence-corrected chi connectivity index (χ4v) is 10.5. The Morgan fingerprint density at radius 1 is 0.421 bits per heavy atom. The van der Waals surface area contributed by atoms with E-state index in [2.05, 4.69) is 180 Å². The maximum Gasteiger partial charge on any atom is 0.235 e. The van der Waals surface area contributed by atoms with Crippen molar-refractivity contribution >= 4 is 108 Å². The third-order valence-corrected chi connectivity index (χ3v) is 12.9. The van der Waals surface area contributed by atoms with E-state index in [1.54, 1.807) is 0 Å². The van der Waals surface area contributed by atoms with Gasteiger partial charge in [0.2, 0.25) is 5.95 Å². The van der Waals surface area contributed by atoms with Crippen LogP contribution in [0.5, 0.6) is 0 Å².